The summed E-state index contributed by atoms with van der Waals surface area (Å²) in [6, 6.07) is 30.5. The van der Waals surface area contributed by atoms with Crippen LogP contribution in [0.25, 0.3) is 83.5 Å². The maximum absolute atomic E-state index is 9.08. The van der Waals surface area contributed by atoms with E-state index in [2.05, 4.69) is 44.9 Å². The molecule has 4 heteroatoms. The van der Waals surface area contributed by atoms with Crippen molar-refractivity contribution in [3.8, 4) is 61.7 Å². The molecular formula is C45H30N4. The molecule has 5 aromatic carbocycles. The van der Waals surface area contributed by atoms with E-state index in [0.717, 1.165) is 44.2 Å². The lowest BCUT2D eigenvalue weighted by Gasteiger charge is -2.11. The number of hydrogen-bond donors (Lipinski definition) is 0. The molecule has 0 aliphatic rings. The van der Waals surface area contributed by atoms with Crippen LogP contribution in [0.1, 0.15) is 12.3 Å². The Morgan fingerprint density at radius 1 is 0.449 bits per heavy atom. The summed E-state index contributed by atoms with van der Waals surface area (Å²) in [6.07, 6.45) is 5.33. The first-order valence-electron chi connectivity index (χ1n) is 20.2. The zero-order valence-corrected chi connectivity index (χ0v) is 25.9. The molecule has 0 amide bonds. The van der Waals surface area contributed by atoms with E-state index in [-0.39, 0.29) is 16.8 Å². The molecule has 0 saturated carbocycles. The summed E-state index contributed by atoms with van der Waals surface area (Å²) in [6.45, 7) is 0. The molecule has 0 saturated heterocycles. The van der Waals surface area contributed by atoms with Crippen molar-refractivity contribution in [3.63, 3.8) is 0 Å². The highest BCUT2D eigenvalue weighted by atomic mass is 15.0. The minimum Gasteiger partial charge on any atom is -0.309 e. The van der Waals surface area contributed by atoms with E-state index in [0.29, 0.717) is 17.0 Å². The van der Waals surface area contributed by atoms with E-state index >= 15 is 0 Å². The average molecular weight is 636 g/mol. The molecule has 230 valence electrons. The topological polar surface area (TPSA) is 43.6 Å². The Hall–Kier alpha value is -6.65. The average Bonchev–Trinajstić information content (AvgIpc) is 3.60. The van der Waals surface area contributed by atoms with Crippen molar-refractivity contribution in [2.24, 2.45) is 0 Å². The third-order valence-corrected chi connectivity index (χ3v) is 8.52. The molecule has 0 N–H and O–H groups in total. The fourth-order valence-corrected chi connectivity index (χ4v) is 6.17. The number of hydrogen-bond acceptors (Lipinski definition) is 3. The van der Waals surface area contributed by atoms with Crippen LogP contribution in [0.5, 0.6) is 0 Å². The van der Waals surface area contributed by atoms with E-state index in [1.54, 1.807) is 30.6 Å². The molecule has 4 aromatic heterocycles. The first kappa shape index (κ1) is 20.6. The monoisotopic (exact) mass is 635 g/mol. The van der Waals surface area contributed by atoms with Crippen LogP contribution in [0, 0.1) is 0 Å². The van der Waals surface area contributed by atoms with Crippen LogP contribution in [0.15, 0.2) is 182 Å². The summed E-state index contributed by atoms with van der Waals surface area (Å²) in [7, 11) is 0. The quantitative estimate of drug-likeness (QED) is 0.183. The molecule has 0 atom stereocenters. The van der Waals surface area contributed by atoms with Crippen LogP contribution >= 0.6 is 0 Å². The highest BCUT2D eigenvalue weighted by Gasteiger charge is 2.14. The first-order chi connectivity index (χ1) is 28.0. The maximum atomic E-state index is 9.08. The van der Waals surface area contributed by atoms with Gasteiger partial charge in [0.2, 0.25) is 0 Å². The van der Waals surface area contributed by atoms with Crippen molar-refractivity contribution < 1.29 is 12.3 Å². The normalized spacial score (nSPS) is 13.8. The lowest BCUT2D eigenvalue weighted by atomic mass is 9.97. The van der Waals surface area contributed by atoms with E-state index in [1.807, 2.05) is 66.9 Å². The predicted molar refractivity (Wildman–Crippen MR) is 201 cm³/mol. The summed E-state index contributed by atoms with van der Waals surface area (Å²) < 4.78 is 79.5. The second kappa shape index (κ2) is 12.2. The van der Waals surface area contributed by atoms with Gasteiger partial charge in [-0.05, 0) is 88.0 Å². The van der Waals surface area contributed by atoms with Crippen LogP contribution in [0.2, 0.25) is 0 Å². The molecule has 4 nitrogen and oxygen atoms in total. The highest BCUT2D eigenvalue weighted by Crippen LogP contribution is 2.36. The Morgan fingerprint density at radius 2 is 1.12 bits per heavy atom. The number of aromatic nitrogens is 4. The third-order valence-electron chi connectivity index (χ3n) is 8.52. The summed E-state index contributed by atoms with van der Waals surface area (Å²) in [5, 5.41) is 2.12. The Labute approximate surface area is 297 Å². The standard InChI is InChI=1S/C45H30N4/c1-3-9-31(10-4-1)32-18-20-35(21-19-32)42-28-37(29-43(48-42)41-13-7-8-25-47-41)34-16-14-33(15-17-34)36-22-23-44-39(27-36)40-30-46-26-24-45(40)49(44)38-11-5-2-6-12-38/h1-30H/i1D,3D,4D,9D,10D,18D,19D,20D,21D. The highest BCUT2D eigenvalue weighted by molar-refractivity contribution is 6.10. The van der Waals surface area contributed by atoms with E-state index in [9.17, 15) is 0 Å². The van der Waals surface area contributed by atoms with Crippen LogP contribution in [-0.4, -0.2) is 19.5 Å². The zero-order chi connectivity index (χ0) is 40.4. The van der Waals surface area contributed by atoms with E-state index in [4.69, 9.17) is 17.3 Å². The lowest BCUT2D eigenvalue weighted by molar-refractivity contribution is 1.17. The third kappa shape index (κ3) is 5.35. The second-order valence-corrected chi connectivity index (χ2v) is 11.5. The van der Waals surface area contributed by atoms with Crippen molar-refractivity contribution in [2.75, 3.05) is 0 Å². The van der Waals surface area contributed by atoms with Crippen molar-refractivity contribution in [3.05, 3.63) is 182 Å². The fraction of sp³-hybridized carbons (Fsp3) is 0. The molecule has 0 aliphatic carbocycles. The van der Waals surface area contributed by atoms with E-state index < -0.39 is 59.9 Å². The molecule has 0 spiro atoms. The molecule has 4 heterocycles. The van der Waals surface area contributed by atoms with Gasteiger partial charge >= 0.3 is 0 Å². The number of nitrogens with zero attached hydrogens (tertiary/aromatic N) is 4. The van der Waals surface area contributed by atoms with Gasteiger partial charge in [-0.3, -0.25) is 9.97 Å². The van der Waals surface area contributed by atoms with Gasteiger partial charge < -0.3 is 4.57 Å². The van der Waals surface area contributed by atoms with Crippen LogP contribution in [0.3, 0.4) is 0 Å². The predicted octanol–water partition coefficient (Wildman–Crippen LogP) is 11.3. The minimum atomic E-state index is -0.633. The Morgan fingerprint density at radius 3 is 1.90 bits per heavy atom. The van der Waals surface area contributed by atoms with Gasteiger partial charge in [-0.15, -0.1) is 0 Å². The molecule has 0 aliphatic heterocycles. The maximum Gasteiger partial charge on any atom is 0.0899 e. The van der Waals surface area contributed by atoms with E-state index in [1.165, 1.54) is 0 Å². The second-order valence-electron chi connectivity index (χ2n) is 11.5. The van der Waals surface area contributed by atoms with Gasteiger partial charge in [0.25, 0.3) is 0 Å². The molecular weight excluding hydrogens is 597 g/mol. The molecule has 0 unspecified atom stereocenters. The number of pyridine rings is 3. The van der Waals surface area contributed by atoms with Gasteiger partial charge in [-0.1, -0.05) is 109 Å². The lowest BCUT2D eigenvalue weighted by Crippen LogP contribution is -1.93. The number of para-hydroxylation sites is 1. The van der Waals surface area contributed by atoms with Gasteiger partial charge in [0.1, 0.15) is 0 Å². The van der Waals surface area contributed by atoms with Crippen molar-refractivity contribution in [1.82, 2.24) is 19.5 Å². The summed E-state index contributed by atoms with van der Waals surface area (Å²) in [5.74, 6) is 0. The fourth-order valence-electron chi connectivity index (χ4n) is 6.17. The molecule has 9 rings (SSSR count). The van der Waals surface area contributed by atoms with Gasteiger partial charge in [0, 0.05) is 40.6 Å². The Bertz CT molecular complexity index is 3040. The molecule has 0 radical (unpaired) electrons. The minimum absolute atomic E-state index is 0.0979. The summed E-state index contributed by atoms with van der Waals surface area (Å²) in [5.41, 5.74) is 6.93. The molecule has 9 aromatic rings. The SMILES string of the molecule is [2H]c1c([2H])c([2H])c(-c2c([2H])c([2H])c(-c3cc(-c4ccc(-c5ccc6c(c5)c5cnccc5n6-c5ccccc5)cc4)cc(-c4ccccn4)n3)c([2H])c2[2H])c([2H])c1[2H]. The van der Waals surface area contributed by atoms with Crippen molar-refractivity contribution in [2.45, 2.75) is 0 Å². The summed E-state index contributed by atoms with van der Waals surface area (Å²) >= 11 is 0. The smallest absolute Gasteiger partial charge is 0.0899 e. The van der Waals surface area contributed by atoms with Gasteiger partial charge in [0.05, 0.1) is 40.5 Å². The molecule has 0 bridgehead atoms. The van der Waals surface area contributed by atoms with Crippen molar-refractivity contribution in [1.29, 1.82) is 0 Å². The first-order valence-corrected chi connectivity index (χ1v) is 15.7. The van der Waals surface area contributed by atoms with Gasteiger partial charge in [-0.25, -0.2) is 4.98 Å². The molecule has 0 fully saturated rings. The van der Waals surface area contributed by atoms with Crippen LogP contribution in [-0.2, 0) is 0 Å². The number of benzene rings is 5. The van der Waals surface area contributed by atoms with Gasteiger partial charge in [-0.2, -0.15) is 0 Å². The zero-order valence-electron chi connectivity index (χ0n) is 34.9. The van der Waals surface area contributed by atoms with Gasteiger partial charge in [0.15, 0.2) is 0 Å². The van der Waals surface area contributed by atoms with Crippen molar-refractivity contribution >= 4 is 21.8 Å². The molecule has 49 heavy (non-hydrogen) atoms. The number of fused-ring (bicyclic) bond motifs is 3. The summed E-state index contributed by atoms with van der Waals surface area (Å²) in [4.78, 5) is 13.7. The van der Waals surface area contributed by atoms with Crippen LogP contribution in [0.4, 0.5) is 0 Å². The Kier molecular flexibility index (Phi) is 5.11. The largest absolute Gasteiger partial charge is 0.309 e. The number of rotatable bonds is 6. The van der Waals surface area contributed by atoms with Crippen LogP contribution < -0.4 is 0 Å². The Balaban J connectivity index is 1.16.